The van der Waals surface area contributed by atoms with Crippen LogP contribution in [0.25, 0.3) is 0 Å². The highest BCUT2D eigenvalue weighted by Crippen LogP contribution is 2.46. The molecule has 1 nitrogen and oxygen atoms in total. The van der Waals surface area contributed by atoms with E-state index in [0.29, 0.717) is 24.7 Å². The summed E-state index contributed by atoms with van der Waals surface area (Å²) in [5.74, 6) is -1.78. The number of benzene rings is 1. The molecule has 0 unspecified atom stereocenters. The fourth-order valence-corrected chi connectivity index (χ4v) is 5.10. The van der Waals surface area contributed by atoms with Crippen LogP contribution in [0.3, 0.4) is 0 Å². The predicted octanol–water partition coefficient (Wildman–Crippen LogP) is 6.09. The third-order valence-corrected chi connectivity index (χ3v) is 6.65. The van der Waals surface area contributed by atoms with Crippen molar-refractivity contribution in [2.45, 2.75) is 76.7 Å². The number of halogens is 3. The summed E-state index contributed by atoms with van der Waals surface area (Å²) >= 11 is 0. The van der Waals surface area contributed by atoms with E-state index in [1.54, 1.807) is 0 Å². The van der Waals surface area contributed by atoms with Crippen molar-refractivity contribution in [3.63, 3.8) is 0 Å². The smallest absolute Gasteiger partial charge is 0.194 e. The highest BCUT2D eigenvalue weighted by molar-refractivity contribution is 5.27. The van der Waals surface area contributed by atoms with Crippen molar-refractivity contribution in [3.8, 4) is 0 Å². The van der Waals surface area contributed by atoms with Crippen molar-refractivity contribution in [3.05, 3.63) is 35.1 Å². The molecular weight excluding hydrogens is 325 g/mol. The van der Waals surface area contributed by atoms with Crippen molar-refractivity contribution in [1.82, 2.24) is 0 Å². The molecule has 2 fully saturated rings. The van der Waals surface area contributed by atoms with Crippen LogP contribution >= 0.6 is 0 Å². The number of hydrogen-bond acceptors (Lipinski definition) is 1. The first-order valence-corrected chi connectivity index (χ1v) is 9.81. The van der Waals surface area contributed by atoms with E-state index in [1.165, 1.54) is 44.6 Å². The normalized spacial score (nSPS) is 33.4. The zero-order valence-electron chi connectivity index (χ0n) is 15.0. The third-order valence-electron chi connectivity index (χ3n) is 6.65. The van der Waals surface area contributed by atoms with Gasteiger partial charge in [-0.25, -0.2) is 13.2 Å². The first-order chi connectivity index (χ1) is 11.9. The minimum atomic E-state index is -1.48. The molecule has 1 aromatic carbocycles. The summed E-state index contributed by atoms with van der Waals surface area (Å²) in [6.45, 7) is 2.24. The molecule has 0 radical (unpaired) electrons. The van der Waals surface area contributed by atoms with Gasteiger partial charge in [0.05, 0.1) is 5.60 Å². The van der Waals surface area contributed by atoms with Crippen LogP contribution in [0.2, 0.25) is 0 Å². The molecule has 0 atom stereocenters. The van der Waals surface area contributed by atoms with Gasteiger partial charge in [0.2, 0.25) is 0 Å². The Morgan fingerprint density at radius 3 is 2.12 bits per heavy atom. The monoisotopic (exact) mass is 354 g/mol. The molecule has 25 heavy (non-hydrogen) atoms. The molecule has 1 aromatic rings. The van der Waals surface area contributed by atoms with Gasteiger partial charge in [-0.15, -0.1) is 0 Å². The second-order valence-electron chi connectivity index (χ2n) is 8.16. The minimum Gasteiger partial charge on any atom is -0.385 e. The van der Waals surface area contributed by atoms with Gasteiger partial charge in [0.25, 0.3) is 0 Å². The van der Waals surface area contributed by atoms with Crippen molar-refractivity contribution < 1.29 is 18.3 Å². The molecule has 2 aliphatic rings. The van der Waals surface area contributed by atoms with E-state index < -0.39 is 23.1 Å². The molecule has 2 aliphatic carbocycles. The first-order valence-electron chi connectivity index (χ1n) is 9.81. The summed E-state index contributed by atoms with van der Waals surface area (Å²) in [4.78, 5) is 0. The van der Waals surface area contributed by atoms with E-state index in [4.69, 9.17) is 0 Å². The topological polar surface area (TPSA) is 20.2 Å². The van der Waals surface area contributed by atoms with Gasteiger partial charge in [-0.3, -0.25) is 0 Å². The SMILES string of the molecule is CCCC1CCC(C2CCC(O)(c3ccc(F)c(F)c3F)CC2)CC1. The Morgan fingerprint density at radius 1 is 0.920 bits per heavy atom. The van der Waals surface area contributed by atoms with Crippen LogP contribution in [0.1, 0.15) is 76.7 Å². The summed E-state index contributed by atoms with van der Waals surface area (Å²) < 4.78 is 40.8. The summed E-state index contributed by atoms with van der Waals surface area (Å²) in [6.07, 6.45) is 10.2. The molecule has 140 valence electrons. The van der Waals surface area contributed by atoms with Crippen LogP contribution in [0.15, 0.2) is 12.1 Å². The van der Waals surface area contributed by atoms with Gasteiger partial charge >= 0.3 is 0 Å². The first kappa shape index (κ1) is 18.8. The van der Waals surface area contributed by atoms with E-state index in [1.807, 2.05) is 0 Å². The van der Waals surface area contributed by atoms with E-state index in [-0.39, 0.29) is 5.56 Å². The summed E-state index contributed by atoms with van der Waals surface area (Å²) in [6, 6.07) is 2.11. The second-order valence-corrected chi connectivity index (χ2v) is 8.16. The van der Waals surface area contributed by atoms with Gasteiger partial charge in [-0.05, 0) is 62.3 Å². The maximum absolute atomic E-state index is 14.1. The highest BCUT2D eigenvalue weighted by Gasteiger charge is 2.40. The van der Waals surface area contributed by atoms with Crippen LogP contribution in [0.5, 0.6) is 0 Å². The van der Waals surface area contributed by atoms with Crippen LogP contribution in [-0.4, -0.2) is 5.11 Å². The van der Waals surface area contributed by atoms with Gasteiger partial charge in [0.15, 0.2) is 17.5 Å². The van der Waals surface area contributed by atoms with E-state index in [2.05, 4.69) is 6.92 Å². The standard InChI is InChI=1S/C21H29F3O/c1-2-3-14-4-6-15(7-5-14)16-10-12-21(25,13-11-16)17-8-9-18(22)20(24)19(17)23/h8-9,14-16,25H,2-7,10-13H2,1H3. The third kappa shape index (κ3) is 3.89. The van der Waals surface area contributed by atoms with Crippen molar-refractivity contribution in [1.29, 1.82) is 0 Å². The Kier molecular flexibility index (Phi) is 5.77. The lowest BCUT2D eigenvalue weighted by Gasteiger charge is -2.41. The van der Waals surface area contributed by atoms with E-state index in [0.717, 1.165) is 24.8 Å². The number of hydrogen-bond donors (Lipinski definition) is 1. The molecular formula is C21H29F3O. The molecule has 0 saturated heterocycles. The molecule has 1 N–H and O–H groups in total. The molecule has 0 bridgehead atoms. The summed E-state index contributed by atoms with van der Waals surface area (Å²) in [5.41, 5.74) is -1.45. The predicted molar refractivity (Wildman–Crippen MR) is 92.5 cm³/mol. The molecule has 0 aliphatic heterocycles. The lowest BCUT2D eigenvalue weighted by atomic mass is 9.66. The minimum absolute atomic E-state index is 0.0866. The lowest BCUT2D eigenvalue weighted by molar-refractivity contribution is -0.0291. The molecule has 0 amide bonds. The zero-order valence-corrected chi connectivity index (χ0v) is 15.0. The van der Waals surface area contributed by atoms with Crippen LogP contribution < -0.4 is 0 Å². The van der Waals surface area contributed by atoms with Gasteiger partial charge < -0.3 is 5.11 Å². The Morgan fingerprint density at radius 2 is 1.52 bits per heavy atom. The average Bonchev–Trinajstić information content (AvgIpc) is 2.61. The largest absolute Gasteiger partial charge is 0.385 e. The summed E-state index contributed by atoms with van der Waals surface area (Å²) in [7, 11) is 0. The zero-order chi connectivity index (χ0) is 18.0. The second kappa shape index (κ2) is 7.69. The molecule has 2 saturated carbocycles. The van der Waals surface area contributed by atoms with Crippen LogP contribution in [-0.2, 0) is 5.60 Å². The maximum atomic E-state index is 14.1. The highest BCUT2D eigenvalue weighted by atomic mass is 19.2. The Labute approximate surface area is 148 Å². The molecule has 4 heteroatoms. The maximum Gasteiger partial charge on any atom is 0.194 e. The Balaban J connectivity index is 1.61. The van der Waals surface area contributed by atoms with Crippen molar-refractivity contribution in [2.24, 2.45) is 17.8 Å². The van der Waals surface area contributed by atoms with Gasteiger partial charge in [0, 0.05) is 5.56 Å². The average molecular weight is 354 g/mol. The Hall–Kier alpha value is -1.03. The quantitative estimate of drug-likeness (QED) is 0.649. The van der Waals surface area contributed by atoms with Gasteiger partial charge in [-0.1, -0.05) is 38.7 Å². The molecule has 0 heterocycles. The molecule has 0 spiro atoms. The van der Waals surface area contributed by atoms with E-state index in [9.17, 15) is 18.3 Å². The molecule has 3 rings (SSSR count). The fraction of sp³-hybridized carbons (Fsp3) is 0.714. The number of rotatable bonds is 4. The van der Waals surface area contributed by atoms with E-state index >= 15 is 0 Å². The van der Waals surface area contributed by atoms with Crippen LogP contribution in [0, 0.1) is 35.2 Å². The van der Waals surface area contributed by atoms with Crippen LogP contribution in [0.4, 0.5) is 13.2 Å². The van der Waals surface area contributed by atoms with Crippen molar-refractivity contribution >= 4 is 0 Å². The summed E-state index contributed by atoms with van der Waals surface area (Å²) in [5, 5.41) is 10.8. The number of aliphatic hydroxyl groups is 1. The Bertz CT molecular complexity index is 585. The molecule has 0 aromatic heterocycles. The fourth-order valence-electron chi connectivity index (χ4n) is 5.10. The van der Waals surface area contributed by atoms with Crippen molar-refractivity contribution in [2.75, 3.05) is 0 Å². The van der Waals surface area contributed by atoms with Gasteiger partial charge in [0.1, 0.15) is 0 Å². The van der Waals surface area contributed by atoms with Gasteiger partial charge in [-0.2, -0.15) is 0 Å². The lowest BCUT2D eigenvalue weighted by Crippen LogP contribution is -2.35.